The molecule has 4 saturated heterocycles. The number of benzene rings is 3. The summed E-state index contributed by atoms with van der Waals surface area (Å²) in [5, 5.41) is 91.7. The quantitative estimate of drug-likeness (QED) is 0.0749. The van der Waals surface area contributed by atoms with Gasteiger partial charge in [0.2, 0.25) is 35.4 Å². The van der Waals surface area contributed by atoms with Crippen molar-refractivity contribution in [2.24, 2.45) is 23.3 Å². The van der Waals surface area contributed by atoms with Gasteiger partial charge >= 0.3 is 0 Å². The zero-order chi connectivity index (χ0) is 67.5. The Balaban J connectivity index is 0.925. The number of piperazine rings is 1. The summed E-state index contributed by atoms with van der Waals surface area (Å²) in [7, 11) is 1.91. The smallest absolute Gasteiger partial charge is 0.251 e. The summed E-state index contributed by atoms with van der Waals surface area (Å²) in [6.07, 6.45) is -0.650. The number of aromatic hydroxyl groups is 1. The van der Waals surface area contributed by atoms with E-state index in [1.165, 1.54) is 57.2 Å². The molecule has 2 saturated carbocycles. The molecule has 0 unspecified atom stereocenters. The highest BCUT2D eigenvalue weighted by molar-refractivity contribution is 6.00. The van der Waals surface area contributed by atoms with Gasteiger partial charge in [-0.05, 0) is 117 Å². The number of rotatable bonds is 17. The van der Waals surface area contributed by atoms with Gasteiger partial charge in [-0.25, -0.2) is 0 Å². The summed E-state index contributed by atoms with van der Waals surface area (Å²) < 4.78 is 11.8. The molecule has 516 valence electrons. The van der Waals surface area contributed by atoms with Gasteiger partial charge in [0.15, 0.2) is 11.5 Å². The van der Waals surface area contributed by atoms with E-state index in [1.807, 2.05) is 19.2 Å². The number of ether oxygens (including phenoxy) is 2. The molecule has 2 aliphatic carbocycles. The van der Waals surface area contributed by atoms with Gasteiger partial charge in [0.1, 0.15) is 42.9 Å². The van der Waals surface area contributed by atoms with Crippen LogP contribution in [0.3, 0.4) is 0 Å². The Bertz CT molecular complexity index is 3090. The zero-order valence-corrected chi connectivity index (χ0v) is 54.0. The average Bonchev–Trinajstić information content (AvgIpc) is 1.64. The van der Waals surface area contributed by atoms with Crippen LogP contribution in [0.5, 0.6) is 11.5 Å². The summed E-state index contributed by atoms with van der Waals surface area (Å²) >= 11 is 0. The number of hydrogen-bond acceptors (Lipinski definition) is 20. The summed E-state index contributed by atoms with van der Waals surface area (Å²) in [6, 6.07) is 8.53. The number of carbonyl (C=O) groups excluding carboxylic acids is 7. The van der Waals surface area contributed by atoms with Crippen molar-refractivity contribution in [3.63, 3.8) is 0 Å². The van der Waals surface area contributed by atoms with E-state index in [1.54, 1.807) is 31.2 Å². The molecule has 94 heavy (non-hydrogen) atoms. The lowest BCUT2D eigenvalue weighted by molar-refractivity contribution is -0.147. The lowest BCUT2D eigenvalue weighted by Gasteiger charge is -2.49. The van der Waals surface area contributed by atoms with E-state index in [-0.39, 0.29) is 60.9 Å². The molecule has 13 atom stereocenters. The second kappa shape index (κ2) is 32.1. The average molecular weight is 1310 g/mol. The number of nitrogens with zero attached hydrogens (tertiary/aromatic N) is 4. The number of β-amino-alcohol motifs (C(OH)–C–C–N with tert-alkyl or cyclic N) is 1. The van der Waals surface area contributed by atoms with Crippen LogP contribution in [0.1, 0.15) is 107 Å². The lowest BCUT2D eigenvalue weighted by atomic mass is 9.68. The molecule has 16 N–H and O–H groups in total. The third-order valence-corrected chi connectivity index (χ3v) is 20.2. The second-order valence-electron chi connectivity index (χ2n) is 26.5. The van der Waals surface area contributed by atoms with E-state index in [2.05, 4.69) is 48.5 Å². The number of phenolic OH excluding ortho intramolecular Hbond substituents is 1. The minimum atomic E-state index is -2.03. The van der Waals surface area contributed by atoms with Crippen LogP contribution in [0.15, 0.2) is 66.7 Å². The second-order valence-corrected chi connectivity index (χ2v) is 26.5. The molecule has 6 aliphatic rings. The predicted octanol–water partition coefficient (Wildman–Crippen LogP) is -1.28. The predicted molar refractivity (Wildman–Crippen MR) is 345 cm³/mol. The Morgan fingerprint density at radius 2 is 1.35 bits per heavy atom. The first-order valence-electron chi connectivity index (χ1n) is 33.3. The van der Waals surface area contributed by atoms with Gasteiger partial charge in [-0.15, -0.1) is 0 Å². The number of carbonyl (C=O) groups is 7. The van der Waals surface area contributed by atoms with E-state index < -0.39 is 152 Å². The number of aliphatic hydroxyl groups excluding tert-OH is 6. The molecule has 0 bridgehead atoms. The Hall–Kier alpha value is -7.05. The SMILES string of the molecule is COC1(C2CCCCC2)CCC(N2CCN(c3ccc(-c4ccc(C(=O)N[C@H]5C[C@@H](O)CNC(=O)[C@@H]6[C@@H](O)[C@@H](C)CN6C(=O)[C@H]([C@H](O)CCN)NC(=O)[C@H]([C@H](O)Cc6ccc(O)c(OCCN)c6)NC(=O)[C@@H]6C[C@@H](O)CN6C(=O)[C@H]([C@@H](C)O)NC5=O)cc4)cc3)CC2)CC1. The fourth-order valence-corrected chi connectivity index (χ4v) is 14.7. The van der Waals surface area contributed by atoms with Gasteiger partial charge in [0.05, 0.1) is 42.2 Å². The molecule has 6 fully saturated rings. The fourth-order valence-electron chi connectivity index (χ4n) is 14.7. The first-order valence-corrected chi connectivity index (χ1v) is 33.3. The van der Waals surface area contributed by atoms with Crippen molar-refractivity contribution < 1.29 is 78.8 Å². The Kier molecular flexibility index (Phi) is 24.4. The number of nitrogens with two attached hydrogens (primary N) is 2. The van der Waals surface area contributed by atoms with E-state index >= 15 is 0 Å². The molecule has 7 amide bonds. The van der Waals surface area contributed by atoms with Gasteiger partial charge in [0.25, 0.3) is 5.91 Å². The lowest BCUT2D eigenvalue weighted by Crippen LogP contribution is -2.64. The van der Waals surface area contributed by atoms with Gasteiger partial charge in [0, 0.05) is 102 Å². The standard InChI is InChI=1S/C67H97N11O16/c1-38-36-78-58(59(38)85)64(90)70-35-47(80)33-49(71-60(86)43-12-10-41(11-13-43)42-14-16-45(17-15-42)75-26-28-76(29-27-75)46-19-22-67(93-3,23-20-46)44-7-5-4-6-8-44)61(87)72-55(39(2)79)65(91)77-37-48(81)34-50(77)62(88)73-56(63(89)74-57(66(78)92)52(83)21-24-68)53(84)31-40-9-18-51(82)54(32-40)94-30-25-69/h9-18,32,38-39,44,46-50,52-53,55-59,79-85H,4-8,19-31,33-37,68-69H2,1-3H3,(H,70,90)(H,71,86)(H,72,87)(H,73,88)(H,74,89)/t38-,39+,46?,47+,48+,49-,50-,52+,53+,55-,56-,57-,58-,59-,67?/m0/s1. The summed E-state index contributed by atoms with van der Waals surface area (Å²) in [6.45, 7) is 4.94. The number of aliphatic hydroxyl groups is 6. The number of nitrogens with one attached hydrogen (secondary N) is 5. The van der Waals surface area contributed by atoms with Crippen LogP contribution in [-0.4, -0.2) is 249 Å². The van der Waals surface area contributed by atoms with Crippen LogP contribution in [0.4, 0.5) is 5.69 Å². The minimum Gasteiger partial charge on any atom is -0.504 e. The van der Waals surface area contributed by atoms with Gasteiger partial charge in [-0.2, -0.15) is 0 Å². The minimum absolute atomic E-state index is 0.000367. The van der Waals surface area contributed by atoms with Crippen molar-refractivity contribution in [1.29, 1.82) is 0 Å². The van der Waals surface area contributed by atoms with Crippen LogP contribution in [0.2, 0.25) is 0 Å². The molecule has 3 aromatic carbocycles. The number of hydrogen-bond donors (Lipinski definition) is 14. The fraction of sp³-hybridized carbons (Fsp3) is 0.627. The van der Waals surface area contributed by atoms with Gasteiger partial charge in [-0.3, -0.25) is 38.5 Å². The first-order chi connectivity index (χ1) is 45.0. The number of anilines is 1. The molecule has 4 heterocycles. The largest absolute Gasteiger partial charge is 0.504 e. The summed E-state index contributed by atoms with van der Waals surface area (Å²) in [4.78, 5) is 109. The van der Waals surface area contributed by atoms with Crippen molar-refractivity contribution in [3.8, 4) is 22.6 Å². The maximum absolute atomic E-state index is 14.7. The number of fused-ring (bicyclic) bond motifs is 2. The van der Waals surface area contributed by atoms with Crippen LogP contribution >= 0.6 is 0 Å². The number of phenols is 1. The van der Waals surface area contributed by atoms with Crippen molar-refractivity contribution in [2.75, 3.05) is 77.5 Å². The van der Waals surface area contributed by atoms with Crippen LogP contribution in [-0.2, 0) is 39.9 Å². The highest BCUT2D eigenvalue weighted by Crippen LogP contribution is 2.45. The van der Waals surface area contributed by atoms with Crippen LogP contribution < -0.4 is 47.7 Å². The summed E-state index contributed by atoms with van der Waals surface area (Å²) in [5.74, 6) is -7.81. The van der Waals surface area contributed by atoms with Crippen molar-refractivity contribution in [2.45, 2.75) is 182 Å². The number of amides is 7. The van der Waals surface area contributed by atoms with E-state index in [4.69, 9.17) is 20.9 Å². The van der Waals surface area contributed by atoms with Gasteiger partial charge in [-0.1, -0.05) is 56.5 Å². The molecule has 4 aliphatic heterocycles. The van der Waals surface area contributed by atoms with Crippen molar-refractivity contribution in [1.82, 2.24) is 41.3 Å². The Labute approximate surface area is 548 Å². The third-order valence-electron chi connectivity index (χ3n) is 20.2. The summed E-state index contributed by atoms with van der Waals surface area (Å²) in [5.41, 5.74) is 14.6. The van der Waals surface area contributed by atoms with E-state index in [0.29, 0.717) is 12.0 Å². The maximum atomic E-state index is 14.7. The first kappa shape index (κ1) is 71.2. The van der Waals surface area contributed by atoms with Crippen LogP contribution in [0.25, 0.3) is 11.1 Å². The topological polar surface area (TPSA) is 405 Å². The van der Waals surface area contributed by atoms with Crippen molar-refractivity contribution >= 4 is 47.0 Å². The molecule has 0 spiro atoms. The molecule has 0 aromatic heterocycles. The molecular weight excluding hydrogens is 1210 g/mol. The molecule has 0 radical (unpaired) electrons. The monoisotopic (exact) mass is 1310 g/mol. The van der Waals surface area contributed by atoms with Crippen molar-refractivity contribution in [3.05, 3.63) is 77.9 Å². The Morgan fingerprint density at radius 3 is 1.99 bits per heavy atom. The number of methoxy groups -OCH3 is 1. The van der Waals surface area contributed by atoms with Gasteiger partial charge < -0.3 is 98.0 Å². The zero-order valence-electron chi connectivity index (χ0n) is 54.0. The highest BCUT2D eigenvalue weighted by Gasteiger charge is 2.50. The highest BCUT2D eigenvalue weighted by atomic mass is 16.5. The molecule has 9 rings (SSSR count). The Morgan fingerprint density at radius 1 is 0.713 bits per heavy atom. The van der Waals surface area contributed by atoms with Crippen LogP contribution in [0, 0.1) is 11.8 Å². The van der Waals surface area contributed by atoms with E-state index in [9.17, 15) is 69.3 Å². The third kappa shape index (κ3) is 16.8. The molecule has 27 heteroatoms. The molecular formula is C67H97N11O16. The molecule has 3 aromatic rings. The molecule has 27 nitrogen and oxygen atoms in total. The van der Waals surface area contributed by atoms with E-state index in [0.717, 1.165) is 78.5 Å². The normalized spacial score (nSPS) is 30.2. The maximum Gasteiger partial charge on any atom is 0.251 e.